The molecule has 0 radical (unpaired) electrons. The van der Waals surface area contributed by atoms with Gasteiger partial charge in [0, 0.05) is 17.0 Å². The van der Waals surface area contributed by atoms with Gasteiger partial charge in [-0.15, -0.1) is 11.3 Å². The van der Waals surface area contributed by atoms with E-state index in [1.807, 2.05) is 11.3 Å². The topological polar surface area (TPSA) is 12.0 Å². The Morgan fingerprint density at radius 3 is 3.07 bits per heavy atom. The van der Waals surface area contributed by atoms with Crippen molar-refractivity contribution in [3.8, 4) is 0 Å². The predicted molar refractivity (Wildman–Crippen MR) is 65.3 cm³/mol. The average molecular weight is 221 g/mol. The van der Waals surface area contributed by atoms with Crippen molar-refractivity contribution >= 4 is 11.3 Å². The van der Waals surface area contributed by atoms with Crippen molar-refractivity contribution in [1.82, 2.24) is 5.32 Å². The molecule has 0 saturated heterocycles. The molecule has 82 valence electrons. The summed E-state index contributed by atoms with van der Waals surface area (Å²) < 4.78 is 0. The molecule has 1 aromatic heterocycles. The Balaban J connectivity index is 2.04. The second-order valence-corrected chi connectivity index (χ2v) is 6.08. The summed E-state index contributed by atoms with van der Waals surface area (Å²) in [5, 5.41) is 6.10. The summed E-state index contributed by atoms with van der Waals surface area (Å²) in [7, 11) is 0. The quantitative estimate of drug-likeness (QED) is 0.809. The molecule has 0 aromatic carbocycles. The van der Waals surface area contributed by atoms with E-state index in [0.717, 1.165) is 11.8 Å². The first-order chi connectivity index (χ1) is 7.28. The lowest BCUT2D eigenvalue weighted by Gasteiger charge is -2.39. The highest BCUT2D eigenvalue weighted by molar-refractivity contribution is 7.10. The molecule has 1 saturated carbocycles. The fourth-order valence-corrected chi connectivity index (χ4v) is 4.31. The molecular weight excluding hydrogens is 202 g/mol. The van der Waals surface area contributed by atoms with Gasteiger partial charge in [-0.05, 0) is 48.1 Å². The van der Waals surface area contributed by atoms with E-state index in [1.165, 1.54) is 25.8 Å². The van der Waals surface area contributed by atoms with Gasteiger partial charge < -0.3 is 5.32 Å². The van der Waals surface area contributed by atoms with Gasteiger partial charge in [0.2, 0.25) is 0 Å². The standard InChI is InChI=1S/C13H19NS/c1-3-13(11-8-9(11)2)10-5-7-15-12(10)4-6-14-13/h5,7,9,11,14H,3-4,6,8H2,1-2H3. The molecule has 1 aliphatic carbocycles. The maximum atomic E-state index is 3.82. The largest absolute Gasteiger partial charge is 0.307 e. The molecule has 2 heterocycles. The van der Waals surface area contributed by atoms with Gasteiger partial charge in [0.15, 0.2) is 0 Å². The van der Waals surface area contributed by atoms with Gasteiger partial charge in [-0.25, -0.2) is 0 Å². The van der Waals surface area contributed by atoms with Crippen LogP contribution in [0.2, 0.25) is 0 Å². The summed E-state index contributed by atoms with van der Waals surface area (Å²) in [6.45, 7) is 5.90. The highest BCUT2D eigenvalue weighted by atomic mass is 32.1. The molecule has 3 atom stereocenters. The molecule has 2 heteroatoms. The molecule has 1 fully saturated rings. The van der Waals surface area contributed by atoms with Crippen LogP contribution in [0.4, 0.5) is 0 Å². The minimum absolute atomic E-state index is 0.326. The summed E-state index contributed by atoms with van der Waals surface area (Å²) in [5.41, 5.74) is 1.95. The summed E-state index contributed by atoms with van der Waals surface area (Å²) in [5.74, 6) is 1.81. The molecule has 1 aromatic rings. The van der Waals surface area contributed by atoms with Crippen molar-refractivity contribution in [2.45, 2.75) is 38.6 Å². The number of hydrogen-bond acceptors (Lipinski definition) is 2. The predicted octanol–water partition coefficient (Wildman–Crippen LogP) is 3.16. The van der Waals surface area contributed by atoms with Crippen molar-refractivity contribution in [2.24, 2.45) is 11.8 Å². The van der Waals surface area contributed by atoms with E-state index < -0.39 is 0 Å². The van der Waals surface area contributed by atoms with E-state index in [0.29, 0.717) is 5.54 Å². The van der Waals surface area contributed by atoms with Crippen LogP contribution in [0, 0.1) is 11.8 Å². The first-order valence-electron chi connectivity index (χ1n) is 6.10. The lowest BCUT2D eigenvalue weighted by Crippen LogP contribution is -2.48. The van der Waals surface area contributed by atoms with Crippen LogP contribution in [-0.4, -0.2) is 6.54 Å². The second kappa shape index (κ2) is 3.33. The van der Waals surface area contributed by atoms with Crippen LogP contribution in [0.1, 0.15) is 37.1 Å². The van der Waals surface area contributed by atoms with E-state index >= 15 is 0 Å². The molecule has 3 unspecified atom stereocenters. The fourth-order valence-electron chi connectivity index (χ4n) is 3.34. The van der Waals surface area contributed by atoms with Crippen molar-refractivity contribution in [2.75, 3.05) is 6.54 Å². The van der Waals surface area contributed by atoms with Crippen LogP contribution < -0.4 is 5.32 Å². The first-order valence-corrected chi connectivity index (χ1v) is 6.98. The zero-order valence-corrected chi connectivity index (χ0v) is 10.4. The third-order valence-electron chi connectivity index (χ3n) is 4.32. The summed E-state index contributed by atoms with van der Waals surface area (Å²) >= 11 is 1.95. The Hall–Kier alpha value is -0.340. The Morgan fingerprint density at radius 2 is 2.40 bits per heavy atom. The molecule has 1 N–H and O–H groups in total. The van der Waals surface area contributed by atoms with Gasteiger partial charge in [-0.3, -0.25) is 0 Å². The minimum atomic E-state index is 0.326. The molecule has 1 nitrogen and oxygen atoms in total. The zero-order chi connectivity index (χ0) is 10.5. The normalized spacial score (nSPS) is 38.8. The Morgan fingerprint density at radius 1 is 1.60 bits per heavy atom. The van der Waals surface area contributed by atoms with Crippen LogP contribution in [0.25, 0.3) is 0 Å². The molecule has 15 heavy (non-hydrogen) atoms. The summed E-state index contributed by atoms with van der Waals surface area (Å²) in [6, 6.07) is 2.36. The third kappa shape index (κ3) is 1.31. The van der Waals surface area contributed by atoms with Gasteiger partial charge >= 0.3 is 0 Å². The molecule has 0 amide bonds. The molecule has 0 bridgehead atoms. The lowest BCUT2D eigenvalue weighted by molar-refractivity contribution is 0.253. The number of rotatable bonds is 2. The minimum Gasteiger partial charge on any atom is -0.307 e. The molecule has 3 rings (SSSR count). The molecule has 0 spiro atoms. The molecule has 2 aliphatic rings. The van der Waals surface area contributed by atoms with Crippen LogP contribution >= 0.6 is 11.3 Å². The van der Waals surface area contributed by atoms with Gasteiger partial charge in [0.25, 0.3) is 0 Å². The highest BCUT2D eigenvalue weighted by Gasteiger charge is 2.51. The van der Waals surface area contributed by atoms with Gasteiger partial charge in [0.05, 0.1) is 0 Å². The Kier molecular flexibility index (Phi) is 2.18. The smallest absolute Gasteiger partial charge is 0.0474 e. The van der Waals surface area contributed by atoms with Gasteiger partial charge in [0.1, 0.15) is 0 Å². The maximum Gasteiger partial charge on any atom is 0.0474 e. The molecular formula is C13H19NS. The van der Waals surface area contributed by atoms with Gasteiger partial charge in [-0.1, -0.05) is 13.8 Å². The number of nitrogens with one attached hydrogen (secondary N) is 1. The number of hydrogen-bond donors (Lipinski definition) is 1. The number of fused-ring (bicyclic) bond motifs is 1. The summed E-state index contributed by atoms with van der Waals surface area (Å²) in [6.07, 6.45) is 3.89. The SMILES string of the molecule is CCC1(C2CC2C)NCCc2sccc21. The van der Waals surface area contributed by atoms with Crippen LogP contribution in [0.5, 0.6) is 0 Å². The Labute approximate surface area is 95.9 Å². The van der Waals surface area contributed by atoms with E-state index in [-0.39, 0.29) is 0 Å². The number of thiophene rings is 1. The van der Waals surface area contributed by atoms with Crippen LogP contribution in [0.15, 0.2) is 11.4 Å². The van der Waals surface area contributed by atoms with Crippen molar-refractivity contribution in [3.05, 3.63) is 21.9 Å². The van der Waals surface area contributed by atoms with Crippen molar-refractivity contribution in [3.63, 3.8) is 0 Å². The fraction of sp³-hybridized carbons (Fsp3) is 0.692. The summed E-state index contributed by atoms with van der Waals surface area (Å²) in [4.78, 5) is 1.63. The third-order valence-corrected chi connectivity index (χ3v) is 5.30. The molecule has 1 aliphatic heterocycles. The zero-order valence-electron chi connectivity index (χ0n) is 9.55. The van der Waals surface area contributed by atoms with Crippen molar-refractivity contribution < 1.29 is 0 Å². The maximum absolute atomic E-state index is 3.82. The van der Waals surface area contributed by atoms with E-state index in [1.54, 1.807) is 10.4 Å². The van der Waals surface area contributed by atoms with E-state index in [9.17, 15) is 0 Å². The monoisotopic (exact) mass is 221 g/mol. The van der Waals surface area contributed by atoms with Crippen LogP contribution in [0.3, 0.4) is 0 Å². The van der Waals surface area contributed by atoms with Crippen molar-refractivity contribution in [1.29, 1.82) is 0 Å². The first kappa shape index (κ1) is 9.86. The van der Waals surface area contributed by atoms with E-state index in [4.69, 9.17) is 0 Å². The lowest BCUT2D eigenvalue weighted by atomic mass is 9.79. The highest BCUT2D eigenvalue weighted by Crippen LogP contribution is 2.54. The second-order valence-electron chi connectivity index (χ2n) is 5.08. The van der Waals surface area contributed by atoms with E-state index in [2.05, 4.69) is 30.6 Å². The average Bonchev–Trinajstić information content (AvgIpc) is 2.81. The Bertz CT molecular complexity index is 370. The van der Waals surface area contributed by atoms with Crippen LogP contribution in [-0.2, 0) is 12.0 Å². The van der Waals surface area contributed by atoms with Gasteiger partial charge in [-0.2, -0.15) is 0 Å².